The number of carbonyl (C=O) groups is 14. The van der Waals surface area contributed by atoms with Gasteiger partial charge in [-0.3, -0.25) is 88.6 Å². The topological polar surface area (TPSA) is 580 Å². The Bertz CT molecular complexity index is 4070. The molecular formula is C80H120N18O19S. The van der Waals surface area contributed by atoms with E-state index >= 15 is 28.8 Å². The molecule has 5 rings (SSSR count). The van der Waals surface area contributed by atoms with Gasteiger partial charge in [0, 0.05) is 61.5 Å². The molecule has 0 bridgehead atoms. The summed E-state index contributed by atoms with van der Waals surface area (Å²) in [6, 6.07) is -0.0619. The van der Waals surface area contributed by atoms with Gasteiger partial charge in [-0.25, -0.2) is 0 Å². The van der Waals surface area contributed by atoms with E-state index in [1.165, 1.54) is 58.6 Å². The molecule has 3 aromatic carbocycles. The molecule has 1 heterocycles. The van der Waals surface area contributed by atoms with E-state index in [0.717, 1.165) is 4.90 Å². The number of nitrogens with two attached hydrogens (primary N) is 3. The molecular weight excluding hydrogens is 1550 g/mol. The lowest BCUT2D eigenvalue weighted by Gasteiger charge is -2.32. The van der Waals surface area contributed by atoms with Gasteiger partial charge in [-0.2, -0.15) is 0 Å². The Labute approximate surface area is 693 Å². The van der Waals surface area contributed by atoms with Crippen LogP contribution in [0.4, 0.5) is 0 Å². The van der Waals surface area contributed by atoms with Crippen LogP contribution < -0.4 is 95.2 Å². The highest BCUT2D eigenvalue weighted by Gasteiger charge is 2.41. The van der Waals surface area contributed by atoms with Crippen LogP contribution >= 0.6 is 12.6 Å². The van der Waals surface area contributed by atoms with Gasteiger partial charge in [0.05, 0.1) is 58.5 Å². The number of carboxylic acids is 1. The number of ether oxygens (including phenoxy) is 3. The molecule has 1 aliphatic heterocycles. The average Bonchev–Trinajstić information content (AvgIpc) is 0.798. The zero-order valence-corrected chi connectivity index (χ0v) is 68.8. The fourth-order valence-corrected chi connectivity index (χ4v) is 13.6. The van der Waals surface area contributed by atoms with Crippen LogP contribution in [0.3, 0.4) is 0 Å². The Balaban J connectivity index is 0.0000293. The molecule has 1 unspecified atom stereocenters. The van der Waals surface area contributed by atoms with E-state index in [-0.39, 0.29) is 160 Å². The number of hydrogen-bond donors (Lipinski definition) is 20. The van der Waals surface area contributed by atoms with E-state index in [9.17, 15) is 48.6 Å². The maximum absolute atomic E-state index is 15.4. The van der Waals surface area contributed by atoms with Crippen molar-refractivity contribution in [1.29, 1.82) is 10.8 Å². The van der Waals surface area contributed by atoms with Crippen molar-refractivity contribution in [3.8, 4) is 23.0 Å². The summed E-state index contributed by atoms with van der Waals surface area (Å²) in [7, 11) is 3.95. The summed E-state index contributed by atoms with van der Waals surface area (Å²) < 4.78 is 17.0. The third-order valence-corrected chi connectivity index (χ3v) is 19.7. The van der Waals surface area contributed by atoms with Gasteiger partial charge in [0.1, 0.15) is 48.0 Å². The third kappa shape index (κ3) is 32.1. The number of allylic oxidation sites excluding steroid dienone is 2. The van der Waals surface area contributed by atoms with Crippen molar-refractivity contribution in [2.75, 3.05) is 47.5 Å². The molecule has 37 nitrogen and oxygen atoms in total. The molecule has 38 heteroatoms. The molecule has 22 N–H and O–H groups in total. The molecule has 1 aliphatic carbocycles. The Morgan fingerprint density at radius 2 is 1.06 bits per heavy atom. The number of rotatable bonds is 32. The lowest BCUT2D eigenvalue weighted by atomic mass is 9.73. The maximum atomic E-state index is 15.4. The lowest BCUT2D eigenvalue weighted by Crippen LogP contribution is -2.61. The van der Waals surface area contributed by atoms with Crippen molar-refractivity contribution in [3.05, 3.63) is 88.6 Å². The number of unbranched alkanes of at least 4 members (excludes halogenated alkanes) is 1. The second-order valence-corrected chi connectivity index (χ2v) is 31.0. The first-order valence-electron chi connectivity index (χ1n) is 38.8. The Morgan fingerprint density at radius 3 is 1.59 bits per heavy atom. The lowest BCUT2D eigenvalue weighted by molar-refractivity contribution is -0.142. The van der Waals surface area contributed by atoms with Crippen molar-refractivity contribution in [3.63, 3.8) is 0 Å². The number of phenols is 1. The number of nitrogens with zero attached hydrogens (tertiary/aromatic N) is 1. The molecule has 9 atom stereocenters. The summed E-state index contributed by atoms with van der Waals surface area (Å²) in [6.07, 6.45) is -2.92. The van der Waals surface area contributed by atoms with Crippen molar-refractivity contribution >= 4 is 107 Å². The Morgan fingerprint density at radius 1 is 0.585 bits per heavy atom. The normalized spacial score (nSPS) is 21.2. The molecule has 2 fully saturated rings. The van der Waals surface area contributed by atoms with Gasteiger partial charge in [0.25, 0.3) is 0 Å². The van der Waals surface area contributed by atoms with Crippen LogP contribution in [0.1, 0.15) is 162 Å². The van der Waals surface area contributed by atoms with Gasteiger partial charge in [0.2, 0.25) is 70.7 Å². The van der Waals surface area contributed by atoms with E-state index in [2.05, 4.69) is 63.8 Å². The number of benzene rings is 3. The number of primary amides is 1. The third-order valence-electron chi connectivity index (χ3n) is 19.3. The number of aromatic hydroxyl groups is 1. The summed E-state index contributed by atoms with van der Waals surface area (Å²) in [5, 5.41) is 68.2. The van der Waals surface area contributed by atoms with Crippen LogP contribution in [0.2, 0.25) is 0 Å². The Kier molecular flexibility index (Phi) is 40.4. The predicted molar refractivity (Wildman–Crippen MR) is 440 cm³/mol. The summed E-state index contributed by atoms with van der Waals surface area (Å²) >= 11 is 4.71. The number of imide groups is 1. The molecule has 118 heavy (non-hydrogen) atoms. The van der Waals surface area contributed by atoms with Gasteiger partial charge in [-0.1, -0.05) is 91.4 Å². The monoisotopic (exact) mass is 1670 g/mol. The van der Waals surface area contributed by atoms with Gasteiger partial charge in [-0.05, 0) is 124 Å². The van der Waals surface area contributed by atoms with E-state index in [1.807, 2.05) is 27.7 Å². The number of nitrogens with one attached hydrogen (secondary N) is 14. The van der Waals surface area contributed by atoms with Crippen molar-refractivity contribution in [1.82, 2.24) is 68.7 Å². The highest BCUT2D eigenvalue weighted by Crippen LogP contribution is 2.44. The number of guanidine groups is 2. The zero-order chi connectivity index (χ0) is 87.0. The smallest absolute Gasteiger partial charge is 0.305 e. The Hall–Kier alpha value is -11.6. The second kappa shape index (κ2) is 48.2. The number of carbonyl (C=O) groups excluding carboxylic acids is 13. The maximum Gasteiger partial charge on any atom is 0.305 e. The number of methoxy groups -OCH3 is 3. The van der Waals surface area contributed by atoms with Crippen LogP contribution in [0.15, 0.2) is 76.8 Å². The van der Waals surface area contributed by atoms with E-state index in [1.54, 1.807) is 44.2 Å². The fraction of sp³-hybridized carbons (Fsp3) is 0.550. The van der Waals surface area contributed by atoms with Crippen LogP contribution in [-0.4, -0.2) is 211 Å². The van der Waals surface area contributed by atoms with Gasteiger partial charge < -0.3 is 99.7 Å². The number of ketones is 2. The molecule has 2 aliphatic rings. The number of carboxylic acid groups (broad SMARTS) is 1. The fourth-order valence-electron chi connectivity index (χ4n) is 13.4. The van der Waals surface area contributed by atoms with Crippen LogP contribution in [-0.2, 0) is 86.5 Å². The summed E-state index contributed by atoms with van der Waals surface area (Å²) in [6.45, 7) is 10.8. The van der Waals surface area contributed by atoms with Crippen molar-refractivity contribution < 1.29 is 91.5 Å². The van der Waals surface area contributed by atoms with E-state index in [4.69, 9.17) is 54.9 Å². The van der Waals surface area contributed by atoms with Crippen LogP contribution in [0.25, 0.3) is 0 Å². The molecule has 1 saturated carbocycles. The van der Waals surface area contributed by atoms with Crippen molar-refractivity contribution in [2.45, 2.75) is 224 Å². The molecule has 0 aromatic heterocycles. The van der Waals surface area contributed by atoms with Gasteiger partial charge in [0.15, 0.2) is 35.0 Å². The number of Topliss-reactive ketones (excluding diaryl/α,β-unsaturated/α-hetero) is 2. The van der Waals surface area contributed by atoms with E-state index < -0.39 is 181 Å². The number of aliphatic carboxylic acids is 1. The summed E-state index contributed by atoms with van der Waals surface area (Å²) in [4.78, 5) is 204. The first-order valence-corrected chi connectivity index (χ1v) is 39.2. The van der Waals surface area contributed by atoms with Gasteiger partial charge in [-0.15, -0.1) is 12.6 Å². The number of hydrogen-bond acceptors (Lipinski definition) is 23. The number of amides is 11. The van der Waals surface area contributed by atoms with Crippen molar-refractivity contribution in [2.24, 2.45) is 34.5 Å². The first-order chi connectivity index (χ1) is 55.2. The summed E-state index contributed by atoms with van der Waals surface area (Å²) in [5.41, 5.74) is 17.7. The molecule has 1 saturated heterocycles. The minimum Gasteiger partial charge on any atom is -0.508 e. The molecule has 0 spiro atoms. The summed E-state index contributed by atoms with van der Waals surface area (Å²) in [5.74, 6) is -15.2. The SMILES string of the molecule is C.COc1cc(S)c(CN2C(=O)CNC(=O)[C@H](CCCNC(=N)N)NC(=O)[C@H](CC(C)C)NC(=O)C(Cc3ccccc3)N[C@@H](CC(=O)O)C(=O)NC(=O)[C@H](CCCNC(=N)N)NC(=O)[C@H](Cc3ccc(O)cc3)NC(=O)[C@H](CCCCNC(CC(C)C)=C3C(=O)CC(C)(C)CC3=O)NC(=O)[C@H](CCC(N)=O)NC(=O)[C@@H]2C)c(OC)c1OC. The zero-order valence-electron chi connectivity index (χ0n) is 67.9. The molecule has 0 radical (unpaired) electrons. The average molecular weight is 1670 g/mol. The van der Waals surface area contributed by atoms with E-state index in [0.29, 0.717) is 23.2 Å². The van der Waals surface area contributed by atoms with Crippen LogP contribution in [0, 0.1) is 28.1 Å². The quantitative estimate of drug-likeness (QED) is 0.00785. The number of phenolic OH excluding ortho intramolecular Hbond substituents is 1. The highest BCUT2D eigenvalue weighted by molar-refractivity contribution is 7.80. The number of thiol groups is 1. The standard InChI is InChI=1S/C79H116N18O19S.CH4/c1-42(2)32-53(65-58(99)38-79(6,7)39-59(65)100)85-29-15-14-20-50-70(107)95-56(35-46-23-25-47(98)26-24-46)75(112)93-51(22-17-31-87-78(83)84)72(109)96-76(113)57(36-64(103)104)89-55(34-45-18-12-11-13-19-45)74(111)94-54(33-43(3)4)73(110)91-49(21-16-30-86-77(81)82)69(106)88-40-63(102)97(41-48-61(117)37-60(114-8)67(116-10)66(48)115-9)44(5)68(105)90-52(71(108)92-50)27-28-62(80)101;/h11-13,18-19,23-26,37,42-44,49-52,54-57,85,89,98,117H,14-17,20-22,27-36,38-41H2,1-10H3,(H2,80,101)(H,88,106)(H,90,105)(H,91,110)(H,92,108)(H,93,112)(H,94,111)(H,95,107)(H,103,104)(H4,81,82,86)(H4,83,84,87)(H,96,109,113);1H4/t44-,49-,50-,51-,52-,54-,55?,56-,57-;/m0./s1. The largest absolute Gasteiger partial charge is 0.508 e. The molecule has 3 aromatic rings. The minimum atomic E-state index is -1.94. The second-order valence-electron chi connectivity index (χ2n) is 30.5. The van der Waals surface area contributed by atoms with Gasteiger partial charge >= 0.3 is 5.97 Å². The highest BCUT2D eigenvalue weighted by atomic mass is 32.1. The predicted octanol–water partition coefficient (Wildman–Crippen LogP) is 0.885. The molecule has 11 amide bonds. The molecule has 650 valence electrons. The van der Waals surface area contributed by atoms with Crippen LogP contribution in [0.5, 0.6) is 23.0 Å². The first kappa shape index (κ1) is 98.8. The minimum absolute atomic E-state index is 0.